The van der Waals surface area contributed by atoms with Crippen LogP contribution < -0.4 is 5.32 Å². The molecule has 1 aromatic rings. The molecule has 2 nitrogen and oxygen atoms in total. The Labute approximate surface area is 120 Å². The summed E-state index contributed by atoms with van der Waals surface area (Å²) in [4.78, 5) is 0. The van der Waals surface area contributed by atoms with Crippen molar-refractivity contribution in [2.24, 2.45) is 5.41 Å². The Balaban J connectivity index is 1.87. The van der Waals surface area contributed by atoms with Crippen LogP contribution in [-0.4, -0.2) is 6.54 Å². The first-order chi connectivity index (χ1) is 9.13. The second kappa shape index (κ2) is 6.41. The number of rotatable bonds is 4. The summed E-state index contributed by atoms with van der Waals surface area (Å²) < 4.78 is 0. The Hall–Kier alpha value is -1.04. The zero-order valence-electron chi connectivity index (χ0n) is 11.5. The van der Waals surface area contributed by atoms with Crippen LogP contribution in [0.15, 0.2) is 18.2 Å². The van der Waals surface area contributed by atoms with E-state index in [9.17, 15) is 0 Å². The Morgan fingerprint density at radius 2 is 2.05 bits per heavy atom. The molecule has 1 saturated carbocycles. The molecule has 19 heavy (non-hydrogen) atoms. The van der Waals surface area contributed by atoms with Crippen LogP contribution in [0.4, 0.5) is 0 Å². The van der Waals surface area contributed by atoms with E-state index in [0.717, 1.165) is 18.7 Å². The third-order valence-electron chi connectivity index (χ3n) is 4.11. The quantitative estimate of drug-likeness (QED) is 0.891. The fraction of sp³-hybridized carbons (Fsp3) is 0.562. The maximum absolute atomic E-state index is 8.81. The minimum atomic E-state index is 0.442. The van der Waals surface area contributed by atoms with Gasteiger partial charge in [0.05, 0.1) is 11.6 Å². The number of nitriles is 1. The molecule has 0 atom stereocenters. The van der Waals surface area contributed by atoms with Gasteiger partial charge in [0, 0.05) is 18.1 Å². The van der Waals surface area contributed by atoms with E-state index in [-0.39, 0.29) is 0 Å². The first-order valence-corrected chi connectivity index (χ1v) is 7.40. The molecule has 0 bridgehead atoms. The van der Waals surface area contributed by atoms with Crippen LogP contribution in [0.3, 0.4) is 0 Å². The highest BCUT2D eigenvalue weighted by Gasteiger charge is 2.25. The van der Waals surface area contributed by atoms with E-state index < -0.39 is 0 Å². The molecular weight excluding hydrogens is 256 g/mol. The molecule has 0 aromatic heterocycles. The molecule has 1 N–H and O–H groups in total. The number of nitrogens with zero attached hydrogens (tertiary/aromatic N) is 1. The van der Waals surface area contributed by atoms with E-state index in [0.29, 0.717) is 16.0 Å². The first-order valence-electron chi connectivity index (χ1n) is 7.02. The van der Waals surface area contributed by atoms with E-state index in [1.807, 2.05) is 12.1 Å². The normalized spacial score (nSPS) is 17.9. The van der Waals surface area contributed by atoms with Crippen molar-refractivity contribution in [3.05, 3.63) is 34.3 Å². The van der Waals surface area contributed by atoms with Crippen molar-refractivity contribution in [1.29, 1.82) is 5.26 Å². The van der Waals surface area contributed by atoms with Gasteiger partial charge in [0.15, 0.2) is 0 Å². The summed E-state index contributed by atoms with van der Waals surface area (Å²) in [5, 5.41) is 13.0. The zero-order chi connectivity index (χ0) is 13.7. The molecule has 1 fully saturated rings. The lowest BCUT2D eigenvalue weighted by Gasteiger charge is -2.33. The average molecular weight is 277 g/mol. The van der Waals surface area contributed by atoms with Gasteiger partial charge in [-0.05, 0) is 36.0 Å². The van der Waals surface area contributed by atoms with Crippen LogP contribution in [0.1, 0.15) is 50.2 Å². The molecule has 2 rings (SSSR count). The van der Waals surface area contributed by atoms with Crippen LogP contribution in [-0.2, 0) is 6.54 Å². The maximum atomic E-state index is 8.81. The maximum Gasteiger partial charge on any atom is 0.0992 e. The van der Waals surface area contributed by atoms with Gasteiger partial charge in [0.1, 0.15) is 0 Å². The SMILES string of the molecule is CC1(CNCc2ccc(C#N)cc2Cl)CCCCC1. The highest BCUT2D eigenvalue weighted by molar-refractivity contribution is 6.31. The third kappa shape index (κ3) is 3.96. The molecule has 0 saturated heterocycles. The van der Waals surface area contributed by atoms with Crippen LogP contribution >= 0.6 is 11.6 Å². The second-order valence-corrected chi connectivity index (χ2v) is 6.30. The standard InChI is InChI=1S/C16H21ClN2/c1-16(7-3-2-4-8-16)12-19-11-14-6-5-13(10-18)9-15(14)17/h5-6,9,19H,2-4,7-8,11-12H2,1H3. The molecular formula is C16H21ClN2. The van der Waals surface area contributed by atoms with Gasteiger partial charge in [0.25, 0.3) is 0 Å². The van der Waals surface area contributed by atoms with Crippen LogP contribution in [0.5, 0.6) is 0 Å². The van der Waals surface area contributed by atoms with Crippen molar-refractivity contribution in [3.8, 4) is 6.07 Å². The summed E-state index contributed by atoms with van der Waals surface area (Å²) in [7, 11) is 0. The number of benzene rings is 1. The molecule has 102 valence electrons. The Bertz CT molecular complexity index is 470. The van der Waals surface area contributed by atoms with Crippen molar-refractivity contribution in [1.82, 2.24) is 5.32 Å². The van der Waals surface area contributed by atoms with Crippen LogP contribution in [0.2, 0.25) is 5.02 Å². The highest BCUT2D eigenvalue weighted by atomic mass is 35.5. The summed E-state index contributed by atoms with van der Waals surface area (Å²) in [5.74, 6) is 0. The summed E-state index contributed by atoms with van der Waals surface area (Å²) in [6, 6.07) is 7.61. The molecule has 1 aromatic carbocycles. The van der Waals surface area contributed by atoms with Crippen LogP contribution in [0, 0.1) is 16.7 Å². The van der Waals surface area contributed by atoms with Crippen molar-refractivity contribution in [3.63, 3.8) is 0 Å². The summed E-state index contributed by atoms with van der Waals surface area (Å²) in [6.45, 7) is 4.20. The predicted molar refractivity (Wildman–Crippen MR) is 79.1 cm³/mol. The molecule has 0 radical (unpaired) electrons. The number of halogens is 1. The second-order valence-electron chi connectivity index (χ2n) is 5.89. The van der Waals surface area contributed by atoms with Gasteiger partial charge in [-0.2, -0.15) is 5.26 Å². The third-order valence-corrected chi connectivity index (χ3v) is 4.46. The molecule has 0 spiro atoms. The van der Waals surface area contributed by atoms with E-state index >= 15 is 0 Å². The minimum absolute atomic E-state index is 0.442. The fourth-order valence-electron chi connectivity index (χ4n) is 2.84. The monoisotopic (exact) mass is 276 g/mol. The van der Waals surface area contributed by atoms with E-state index in [1.165, 1.54) is 32.1 Å². The number of hydrogen-bond acceptors (Lipinski definition) is 2. The smallest absolute Gasteiger partial charge is 0.0992 e. The number of nitrogens with one attached hydrogen (secondary N) is 1. The first kappa shape index (κ1) is 14.4. The van der Waals surface area contributed by atoms with Gasteiger partial charge >= 0.3 is 0 Å². The zero-order valence-corrected chi connectivity index (χ0v) is 12.3. The molecule has 3 heteroatoms. The molecule has 0 aliphatic heterocycles. The van der Waals surface area contributed by atoms with Crippen molar-refractivity contribution in [2.45, 2.75) is 45.6 Å². The Morgan fingerprint density at radius 1 is 1.32 bits per heavy atom. The lowest BCUT2D eigenvalue weighted by molar-refractivity contribution is 0.207. The molecule has 0 unspecified atom stereocenters. The van der Waals surface area contributed by atoms with Crippen molar-refractivity contribution in [2.75, 3.05) is 6.54 Å². The van der Waals surface area contributed by atoms with Gasteiger partial charge in [0.2, 0.25) is 0 Å². The fourth-order valence-corrected chi connectivity index (χ4v) is 3.09. The van der Waals surface area contributed by atoms with Crippen LogP contribution in [0.25, 0.3) is 0 Å². The lowest BCUT2D eigenvalue weighted by Crippen LogP contribution is -2.33. The molecule has 0 amide bonds. The summed E-state index contributed by atoms with van der Waals surface area (Å²) in [6.07, 6.45) is 6.74. The van der Waals surface area contributed by atoms with E-state index in [2.05, 4.69) is 18.3 Å². The molecule has 1 aliphatic rings. The van der Waals surface area contributed by atoms with Gasteiger partial charge < -0.3 is 5.32 Å². The van der Waals surface area contributed by atoms with E-state index in [1.54, 1.807) is 6.07 Å². The van der Waals surface area contributed by atoms with Crippen molar-refractivity contribution >= 4 is 11.6 Å². The minimum Gasteiger partial charge on any atom is -0.312 e. The summed E-state index contributed by atoms with van der Waals surface area (Å²) >= 11 is 6.17. The lowest BCUT2D eigenvalue weighted by atomic mass is 9.76. The van der Waals surface area contributed by atoms with Gasteiger partial charge in [-0.1, -0.05) is 43.9 Å². The predicted octanol–water partition coefficient (Wildman–Crippen LogP) is 4.27. The molecule has 1 aliphatic carbocycles. The Morgan fingerprint density at radius 3 is 2.68 bits per heavy atom. The van der Waals surface area contributed by atoms with Gasteiger partial charge in [-0.25, -0.2) is 0 Å². The highest BCUT2D eigenvalue weighted by Crippen LogP contribution is 2.35. The van der Waals surface area contributed by atoms with E-state index in [4.69, 9.17) is 16.9 Å². The largest absolute Gasteiger partial charge is 0.312 e. The number of hydrogen-bond donors (Lipinski definition) is 1. The Kier molecular flexibility index (Phi) is 4.85. The van der Waals surface area contributed by atoms with Gasteiger partial charge in [-0.3, -0.25) is 0 Å². The average Bonchev–Trinajstić information content (AvgIpc) is 2.41. The van der Waals surface area contributed by atoms with Crippen molar-refractivity contribution < 1.29 is 0 Å². The summed E-state index contributed by atoms with van der Waals surface area (Å²) in [5.41, 5.74) is 2.13. The molecule has 0 heterocycles. The van der Waals surface area contributed by atoms with Gasteiger partial charge in [-0.15, -0.1) is 0 Å². The topological polar surface area (TPSA) is 35.8 Å².